The maximum absolute atomic E-state index is 13.6. The molecule has 0 heterocycles. The Morgan fingerprint density at radius 3 is 2.71 bits per heavy atom. The molecule has 2 atom stereocenters. The molecule has 0 aromatic heterocycles. The van der Waals surface area contributed by atoms with Gasteiger partial charge in [-0.05, 0) is 24.8 Å². The fraction of sp³-hybridized carbons (Fsp3) is 0.562. The first-order chi connectivity index (χ1) is 9.97. The van der Waals surface area contributed by atoms with Crippen LogP contribution in [0.25, 0.3) is 0 Å². The van der Waals surface area contributed by atoms with E-state index in [4.69, 9.17) is 0 Å². The van der Waals surface area contributed by atoms with Gasteiger partial charge in [0, 0.05) is 31.3 Å². The van der Waals surface area contributed by atoms with E-state index < -0.39 is 11.6 Å². The van der Waals surface area contributed by atoms with Crippen molar-refractivity contribution in [3.05, 3.63) is 35.4 Å². The Morgan fingerprint density at radius 1 is 1.33 bits per heavy atom. The summed E-state index contributed by atoms with van der Waals surface area (Å²) in [7, 11) is 1.62. The number of nitrogens with zero attached hydrogens (tertiary/aromatic N) is 1. The molecule has 1 aromatic rings. The molecule has 3 nitrogen and oxygen atoms in total. The van der Waals surface area contributed by atoms with Crippen molar-refractivity contribution in [2.24, 2.45) is 5.92 Å². The van der Waals surface area contributed by atoms with Crippen LogP contribution in [0.2, 0.25) is 0 Å². The average molecular weight is 296 g/mol. The Kier molecular flexibility index (Phi) is 5.15. The van der Waals surface area contributed by atoms with Crippen molar-refractivity contribution in [1.29, 1.82) is 0 Å². The fourth-order valence-electron chi connectivity index (χ4n) is 2.78. The average Bonchev–Trinajstić information content (AvgIpc) is 2.44. The number of rotatable bonds is 3. The van der Waals surface area contributed by atoms with Crippen LogP contribution in [0.4, 0.5) is 13.6 Å². The highest BCUT2D eigenvalue weighted by Gasteiger charge is 2.24. The maximum atomic E-state index is 13.6. The number of halogens is 2. The van der Waals surface area contributed by atoms with Gasteiger partial charge in [0.05, 0.1) is 0 Å². The Morgan fingerprint density at radius 2 is 2.05 bits per heavy atom. The number of carbonyl (C=O) groups is 1. The zero-order valence-corrected chi connectivity index (χ0v) is 12.5. The number of urea groups is 1. The van der Waals surface area contributed by atoms with E-state index in [1.807, 2.05) is 0 Å². The smallest absolute Gasteiger partial charge is 0.317 e. The van der Waals surface area contributed by atoms with Gasteiger partial charge in [-0.25, -0.2) is 13.6 Å². The molecule has 0 saturated heterocycles. The lowest BCUT2D eigenvalue weighted by Crippen LogP contribution is -2.46. The third-order valence-electron chi connectivity index (χ3n) is 4.19. The largest absolute Gasteiger partial charge is 0.335 e. The predicted molar refractivity (Wildman–Crippen MR) is 77.8 cm³/mol. The number of benzene rings is 1. The van der Waals surface area contributed by atoms with Crippen molar-refractivity contribution >= 4 is 6.03 Å². The van der Waals surface area contributed by atoms with Gasteiger partial charge in [-0.3, -0.25) is 0 Å². The summed E-state index contributed by atoms with van der Waals surface area (Å²) in [6.45, 7) is 2.27. The predicted octanol–water partition coefficient (Wildman–Crippen LogP) is 3.68. The molecule has 0 bridgehead atoms. The van der Waals surface area contributed by atoms with Crippen LogP contribution in [-0.4, -0.2) is 24.0 Å². The first kappa shape index (κ1) is 15.7. The van der Waals surface area contributed by atoms with Crippen molar-refractivity contribution in [2.45, 2.75) is 45.2 Å². The third kappa shape index (κ3) is 4.16. The van der Waals surface area contributed by atoms with Gasteiger partial charge in [-0.2, -0.15) is 0 Å². The molecule has 116 valence electrons. The van der Waals surface area contributed by atoms with Crippen LogP contribution < -0.4 is 5.32 Å². The monoisotopic (exact) mass is 296 g/mol. The van der Waals surface area contributed by atoms with E-state index in [2.05, 4.69) is 12.2 Å². The Balaban J connectivity index is 1.92. The van der Waals surface area contributed by atoms with Crippen LogP contribution in [0.3, 0.4) is 0 Å². The van der Waals surface area contributed by atoms with Crippen LogP contribution in [0.5, 0.6) is 0 Å². The highest BCUT2D eigenvalue weighted by atomic mass is 19.1. The Bertz CT molecular complexity index is 507. The van der Waals surface area contributed by atoms with Crippen molar-refractivity contribution < 1.29 is 13.6 Å². The fourth-order valence-corrected chi connectivity index (χ4v) is 2.78. The van der Waals surface area contributed by atoms with E-state index >= 15 is 0 Å². The SMILES string of the molecule is CC1CCCCC1NC(=O)N(C)Cc1ccc(F)cc1F. The first-order valence-electron chi connectivity index (χ1n) is 7.43. The molecule has 2 rings (SSSR count). The first-order valence-corrected chi connectivity index (χ1v) is 7.43. The zero-order chi connectivity index (χ0) is 15.4. The summed E-state index contributed by atoms with van der Waals surface area (Å²) in [5.41, 5.74) is 0.311. The number of amides is 2. The highest BCUT2D eigenvalue weighted by molar-refractivity contribution is 5.74. The molecule has 5 heteroatoms. The van der Waals surface area contributed by atoms with Gasteiger partial charge < -0.3 is 10.2 Å². The molecule has 1 aliphatic rings. The second kappa shape index (κ2) is 6.87. The summed E-state index contributed by atoms with van der Waals surface area (Å²) < 4.78 is 26.5. The van der Waals surface area contributed by atoms with Gasteiger partial charge >= 0.3 is 6.03 Å². The minimum absolute atomic E-state index is 0.124. The molecule has 1 aliphatic carbocycles. The zero-order valence-electron chi connectivity index (χ0n) is 12.5. The maximum Gasteiger partial charge on any atom is 0.317 e. The van der Waals surface area contributed by atoms with Crippen molar-refractivity contribution in [3.8, 4) is 0 Å². The van der Waals surface area contributed by atoms with E-state index in [1.165, 1.54) is 23.5 Å². The van der Waals surface area contributed by atoms with Crippen molar-refractivity contribution in [2.75, 3.05) is 7.05 Å². The summed E-state index contributed by atoms with van der Waals surface area (Å²) in [5, 5.41) is 3.01. The van der Waals surface area contributed by atoms with Gasteiger partial charge in [0.15, 0.2) is 0 Å². The molecule has 0 spiro atoms. The second-order valence-corrected chi connectivity index (χ2v) is 5.91. The van der Waals surface area contributed by atoms with E-state index in [0.717, 1.165) is 25.3 Å². The number of nitrogens with one attached hydrogen (secondary N) is 1. The van der Waals surface area contributed by atoms with E-state index in [1.54, 1.807) is 7.05 Å². The Hall–Kier alpha value is -1.65. The molecular formula is C16H22F2N2O. The van der Waals surface area contributed by atoms with Gasteiger partial charge in [0.2, 0.25) is 0 Å². The lowest BCUT2D eigenvalue weighted by Gasteiger charge is -2.31. The summed E-state index contributed by atoms with van der Waals surface area (Å²) in [6.07, 6.45) is 4.46. The van der Waals surface area contributed by atoms with Crippen LogP contribution in [0, 0.1) is 17.6 Å². The molecule has 1 N–H and O–H groups in total. The minimum Gasteiger partial charge on any atom is -0.335 e. The third-order valence-corrected chi connectivity index (χ3v) is 4.19. The Labute approximate surface area is 124 Å². The quantitative estimate of drug-likeness (QED) is 0.906. The van der Waals surface area contributed by atoms with Crippen LogP contribution in [-0.2, 0) is 6.54 Å². The van der Waals surface area contributed by atoms with E-state index in [9.17, 15) is 13.6 Å². The van der Waals surface area contributed by atoms with Gasteiger partial charge in [0.1, 0.15) is 11.6 Å². The summed E-state index contributed by atoms with van der Waals surface area (Å²) in [4.78, 5) is 13.6. The molecule has 1 fully saturated rings. The second-order valence-electron chi connectivity index (χ2n) is 5.91. The number of carbonyl (C=O) groups excluding carboxylic acids is 1. The van der Waals surface area contributed by atoms with Crippen molar-refractivity contribution in [3.63, 3.8) is 0 Å². The molecule has 1 aromatic carbocycles. The van der Waals surface area contributed by atoms with E-state index in [-0.39, 0.29) is 18.6 Å². The van der Waals surface area contributed by atoms with Crippen LogP contribution >= 0.6 is 0 Å². The van der Waals surface area contributed by atoms with Gasteiger partial charge in [0.25, 0.3) is 0 Å². The van der Waals surface area contributed by atoms with Crippen molar-refractivity contribution in [1.82, 2.24) is 10.2 Å². The molecule has 21 heavy (non-hydrogen) atoms. The summed E-state index contributed by atoms with van der Waals surface area (Å²) >= 11 is 0. The number of hydrogen-bond donors (Lipinski definition) is 1. The molecule has 0 radical (unpaired) electrons. The highest BCUT2D eigenvalue weighted by Crippen LogP contribution is 2.24. The molecule has 2 amide bonds. The normalized spacial score (nSPS) is 21.9. The molecular weight excluding hydrogens is 274 g/mol. The molecule has 1 saturated carbocycles. The summed E-state index contributed by atoms with van der Waals surface area (Å²) in [5.74, 6) is -0.765. The van der Waals surface area contributed by atoms with Crippen LogP contribution in [0.15, 0.2) is 18.2 Å². The van der Waals surface area contributed by atoms with Gasteiger partial charge in [-0.15, -0.1) is 0 Å². The van der Waals surface area contributed by atoms with Gasteiger partial charge in [-0.1, -0.05) is 25.8 Å². The van der Waals surface area contributed by atoms with Crippen LogP contribution in [0.1, 0.15) is 38.2 Å². The summed E-state index contributed by atoms with van der Waals surface area (Å²) in [6, 6.07) is 3.39. The molecule has 0 aliphatic heterocycles. The number of hydrogen-bond acceptors (Lipinski definition) is 1. The topological polar surface area (TPSA) is 32.3 Å². The lowest BCUT2D eigenvalue weighted by molar-refractivity contribution is 0.189. The van der Waals surface area contributed by atoms with E-state index in [0.29, 0.717) is 11.5 Å². The molecule has 2 unspecified atom stereocenters. The minimum atomic E-state index is -0.624. The lowest BCUT2D eigenvalue weighted by atomic mass is 9.86. The standard InChI is InChI=1S/C16H22F2N2O/c1-11-5-3-4-6-15(11)19-16(21)20(2)10-12-7-8-13(17)9-14(12)18/h7-9,11,15H,3-6,10H2,1-2H3,(H,19,21).